The summed E-state index contributed by atoms with van der Waals surface area (Å²) in [6.45, 7) is 2.41. The van der Waals surface area contributed by atoms with Crippen LogP contribution < -0.4 is 5.32 Å². The summed E-state index contributed by atoms with van der Waals surface area (Å²) in [5, 5.41) is 11.9. The maximum absolute atomic E-state index is 12.0. The summed E-state index contributed by atoms with van der Waals surface area (Å²) in [6, 6.07) is 8.07. The number of rotatable bonds is 5. The summed E-state index contributed by atoms with van der Waals surface area (Å²) in [5.74, 6) is 0.453. The minimum atomic E-state index is 0.0116. The first-order valence-electron chi connectivity index (χ1n) is 7.07. The van der Waals surface area contributed by atoms with Gasteiger partial charge in [0.1, 0.15) is 0 Å². The van der Waals surface area contributed by atoms with Gasteiger partial charge in [0.25, 0.3) is 0 Å². The van der Waals surface area contributed by atoms with Crippen molar-refractivity contribution in [2.45, 2.75) is 19.3 Å². The quantitative estimate of drug-likeness (QED) is 0.864. The molecule has 1 unspecified atom stereocenters. The number of carbonyl (C=O) groups excluding carboxylic acids is 1. The fraction of sp³-hybridized carbons (Fsp3) is 0.533. The molecule has 0 saturated carbocycles. The number of likely N-dealkylation sites (tertiary alicyclic amines) is 1. The molecule has 0 aliphatic carbocycles. The van der Waals surface area contributed by atoms with Crippen LogP contribution in [0, 0.1) is 5.92 Å². The minimum Gasteiger partial charge on any atom is -0.396 e. The third kappa shape index (κ3) is 4.21. The van der Waals surface area contributed by atoms with Crippen LogP contribution in [0.4, 0.5) is 4.79 Å². The molecule has 0 bridgehead atoms. The van der Waals surface area contributed by atoms with Crippen LogP contribution in [0.25, 0.3) is 0 Å². The topological polar surface area (TPSA) is 52.6 Å². The molecule has 1 atom stereocenters. The highest BCUT2D eigenvalue weighted by Crippen LogP contribution is 2.19. The molecule has 110 valence electrons. The number of hydrogen-bond acceptors (Lipinski definition) is 2. The monoisotopic (exact) mass is 340 g/mol. The Labute approximate surface area is 128 Å². The molecule has 1 aromatic rings. The van der Waals surface area contributed by atoms with Gasteiger partial charge >= 0.3 is 6.03 Å². The number of aliphatic hydroxyl groups is 1. The third-order valence-electron chi connectivity index (χ3n) is 3.74. The molecule has 2 N–H and O–H groups in total. The van der Waals surface area contributed by atoms with E-state index in [1.807, 2.05) is 23.1 Å². The molecule has 2 amide bonds. The van der Waals surface area contributed by atoms with E-state index < -0.39 is 0 Å². The van der Waals surface area contributed by atoms with Gasteiger partial charge in [0, 0.05) is 30.7 Å². The lowest BCUT2D eigenvalue weighted by Crippen LogP contribution is -2.39. The summed E-state index contributed by atoms with van der Waals surface area (Å²) < 4.78 is 1.08. The molecule has 1 aromatic carbocycles. The lowest BCUT2D eigenvalue weighted by Gasteiger charge is -2.17. The number of amides is 2. The standard InChI is InChI=1S/C15H21BrN2O2/c16-14-4-2-1-3-13(14)5-8-17-15(20)18-9-6-12(11-18)7-10-19/h1-4,12,19H,5-11H2,(H,17,20). The fourth-order valence-electron chi connectivity index (χ4n) is 2.55. The number of aliphatic hydroxyl groups excluding tert-OH is 1. The minimum absolute atomic E-state index is 0.0116. The average molecular weight is 341 g/mol. The molecule has 0 spiro atoms. The van der Waals surface area contributed by atoms with Gasteiger partial charge in [0.2, 0.25) is 0 Å². The number of benzene rings is 1. The Hall–Kier alpha value is -1.07. The molecule has 0 aromatic heterocycles. The predicted molar refractivity (Wildman–Crippen MR) is 82.6 cm³/mol. The van der Waals surface area contributed by atoms with Crippen LogP contribution in [0.2, 0.25) is 0 Å². The summed E-state index contributed by atoms with van der Waals surface area (Å²) >= 11 is 3.51. The van der Waals surface area contributed by atoms with Crippen molar-refractivity contribution in [3.8, 4) is 0 Å². The summed E-state index contributed by atoms with van der Waals surface area (Å²) in [6.07, 6.45) is 2.61. The van der Waals surface area contributed by atoms with Gasteiger partial charge in [-0.05, 0) is 36.8 Å². The normalized spacial score (nSPS) is 18.3. The van der Waals surface area contributed by atoms with Crippen LogP contribution in [-0.2, 0) is 6.42 Å². The Bertz CT molecular complexity index is 453. The van der Waals surface area contributed by atoms with Gasteiger partial charge in [0.05, 0.1) is 0 Å². The van der Waals surface area contributed by atoms with E-state index in [0.29, 0.717) is 12.5 Å². The largest absolute Gasteiger partial charge is 0.396 e. The molecule has 4 nitrogen and oxygen atoms in total. The fourth-order valence-corrected chi connectivity index (χ4v) is 3.04. The molecule has 1 fully saturated rings. The summed E-state index contributed by atoms with van der Waals surface area (Å²) in [5.41, 5.74) is 1.20. The Kier molecular flexibility index (Phi) is 5.86. The highest BCUT2D eigenvalue weighted by atomic mass is 79.9. The van der Waals surface area contributed by atoms with Crippen molar-refractivity contribution in [1.82, 2.24) is 10.2 Å². The molecule has 1 aliphatic heterocycles. The van der Waals surface area contributed by atoms with Gasteiger partial charge in [-0.2, -0.15) is 0 Å². The van der Waals surface area contributed by atoms with Gasteiger partial charge in [-0.1, -0.05) is 34.1 Å². The highest BCUT2D eigenvalue weighted by Gasteiger charge is 2.25. The molecule has 5 heteroatoms. The molecule has 1 saturated heterocycles. The maximum atomic E-state index is 12.0. The smallest absolute Gasteiger partial charge is 0.317 e. The van der Waals surface area contributed by atoms with Crippen molar-refractivity contribution >= 4 is 22.0 Å². The van der Waals surface area contributed by atoms with Gasteiger partial charge in [-0.3, -0.25) is 0 Å². The Morgan fingerprint density at radius 2 is 2.25 bits per heavy atom. The average Bonchev–Trinajstić information content (AvgIpc) is 2.90. The van der Waals surface area contributed by atoms with Crippen molar-refractivity contribution in [2.24, 2.45) is 5.92 Å². The van der Waals surface area contributed by atoms with Crippen LogP contribution >= 0.6 is 15.9 Å². The first-order valence-corrected chi connectivity index (χ1v) is 7.87. The molecule has 2 rings (SSSR count). The number of urea groups is 1. The van der Waals surface area contributed by atoms with Crippen molar-refractivity contribution in [3.05, 3.63) is 34.3 Å². The molecular weight excluding hydrogens is 320 g/mol. The van der Waals surface area contributed by atoms with E-state index in [0.717, 1.165) is 36.8 Å². The molecule has 0 radical (unpaired) electrons. The van der Waals surface area contributed by atoms with Crippen LogP contribution in [0.1, 0.15) is 18.4 Å². The van der Waals surface area contributed by atoms with Crippen molar-refractivity contribution < 1.29 is 9.90 Å². The third-order valence-corrected chi connectivity index (χ3v) is 4.51. The predicted octanol–water partition coefficient (Wildman–Crippen LogP) is 2.41. The van der Waals surface area contributed by atoms with Gasteiger partial charge in [-0.25, -0.2) is 4.79 Å². The second-order valence-corrected chi connectivity index (χ2v) is 6.04. The summed E-state index contributed by atoms with van der Waals surface area (Å²) in [4.78, 5) is 13.9. The lowest BCUT2D eigenvalue weighted by molar-refractivity contribution is 0.204. The zero-order valence-corrected chi connectivity index (χ0v) is 13.1. The van der Waals surface area contributed by atoms with Crippen molar-refractivity contribution in [3.63, 3.8) is 0 Å². The van der Waals surface area contributed by atoms with E-state index in [4.69, 9.17) is 5.11 Å². The van der Waals surface area contributed by atoms with E-state index in [1.165, 1.54) is 5.56 Å². The Morgan fingerprint density at radius 1 is 1.45 bits per heavy atom. The molecule has 20 heavy (non-hydrogen) atoms. The van der Waals surface area contributed by atoms with E-state index in [2.05, 4.69) is 27.3 Å². The summed E-state index contributed by atoms with van der Waals surface area (Å²) in [7, 11) is 0. The zero-order valence-electron chi connectivity index (χ0n) is 11.5. The molecule has 1 aliphatic rings. The van der Waals surface area contributed by atoms with Crippen LogP contribution in [0.5, 0.6) is 0 Å². The van der Waals surface area contributed by atoms with Crippen LogP contribution in [-0.4, -0.2) is 42.3 Å². The van der Waals surface area contributed by atoms with Crippen molar-refractivity contribution in [1.29, 1.82) is 0 Å². The first-order chi connectivity index (χ1) is 9.70. The number of nitrogens with zero attached hydrogens (tertiary/aromatic N) is 1. The maximum Gasteiger partial charge on any atom is 0.317 e. The lowest BCUT2D eigenvalue weighted by atomic mass is 10.1. The molecular formula is C15H21BrN2O2. The Balaban J connectivity index is 1.72. The number of hydrogen-bond donors (Lipinski definition) is 2. The van der Waals surface area contributed by atoms with Gasteiger partial charge in [-0.15, -0.1) is 0 Å². The van der Waals surface area contributed by atoms with Gasteiger partial charge < -0.3 is 15.3 Å². The first kappa shape index (κ1) is 15.3. The SMILES string of the molecule is O=C(NCCc1ccccc1Br)N1CCC(CCO)C1. The van der Waals surface area contributed by atoms with E-state index in [-0.39, 0.29) is 12.6 Å². The number of carbonyl (C=O) groups is 1. The van der Waals surface area contributed by atoms with E-state index >= 15 is 0 Å². The van der Waals surface area contributed by atoms with E-state index in [1.54, 1.807) is 0 Å². The zero-order chi connectivity index (χ0) is 14.4. The van der Waals surface area contributed by atoms with Crippen LogP contribution in [0.3, 0.4) is 0 Å². The highest BCUT2D eigenvalue weighted by molar-refractivity contribution is 9.10. The second-order valence-electron chi connectivity index (χ2n) is 5.19. The second kappa shape index (κ2) is 7.64. The van der Waals surface area contributed by atoms with Crippen LogP contribution in [0.15, 0.2) is 28.7 Å². The number of nitrogens with one attached hydrogen (secondary N) is 1. The molecule has 1 heterocycles. The Morgan fingerprint density at radius 3 is 3.00 bits per heavy atom. The van der Waals surface area contributed by atoms with E-state index in [9.17, 15) is 4.79 Å². The number of halogens is 1. The van der Waals surface area contributed by atoms with Gasteiger partial charge in [0.15, 0.2) is 0 Å². The van der Waals surface area contributed by atoms with Crippen molar-refractivity contribution in [2.75, 3.05) is 26.2 Å².